The van der Waals surface area contributed by atoms with Crippen molar-refractivity contribution < 1.29 is 4.74 Å². The van der Waals surface area contributed by atoms with Gasteiger partial charge in [0.2, 0.25) is 0 Å². The monoisotopic (exact) mass is 290 g/mol. The van der Waals surface area contributed by atoms with E-state index in [9.17, 15) is 0 Å². The van der Waals surface area contributed by atoms with E-state index in [1.54, 1.807) is 0 Å². The number of likely N-dealkylation sites (N-methyl/N-ethyl adjacent to an activating group) is 1. The molecule has 1 saturated heterocycles. The first-order valence-corrected chi connectivity index (χ1v) is 8.09. The van der Waals surface area contributed by atoms with Crippen LogP contribution < -0.4 is 5.32 Å². The second-order valence-electron chi connectivity index (χ2n) is 6.66. The van der Waals surface area contributed by atoms with Gasteiger partial charge in [-0.05, 0) is 39.8 Å². The zero-order valence-corrected chi connectivity index (χ0v) is 14.2. The summed E-state index contributed by atoms with van der Waals surface area (Å²) in [5.41, 5.74) is 4.14. The summed E-state index contributed by atoms with van der Waals surface area (Å²) in [5.74, 6) is 0. The molecule has 118 valence electrons. The van der Waals surface area contributed by atoms with Crippen LogP contribution in [0.2, 0.25) is 0 Å². The number of benzene rings is 1. The fourth-order valence-electron chi connectivity index (χ4n) is 3.48. The van der Waals surface area contributed by atoms with Crippen molar-refractivity contribution >= 4 is 0 Å². The molecule has 0 saturated carbocycles. The molecule has 1 heterocycles. The minimum atomic E-state index is 0.0695. The van der Waals surface area contributed by atoms with E-state index in [-0.39, 0.29) is 5.54 Å². The van der Waals surface area contributed by atoms with Crippen LogP contribution in [-0.4, -0.2) is 43.3 Å². The number of rotatable bonds is 5. The maximum atomic E-state index is 5.52. The van der Waals surface area contributed by atoms with Crippen molar-refractivity contribution in [3.8, 4) is 0 Å². The third kappa shape index (κ3) is 3.85. The molecule has 1 aliphatic rings. The molecular weight excluding hydrogens is 260 g/mol. The van der Waals surface area contributed by atoms with Gasteiger partial charge in [0.15, 0.2) is 0 Å². The Morgan fingerprint density at radius 2 is 1.71 bits per heavy atom. The van der Waals surface area contributed by atoms with Gasteiger partial charge < -0.3 is 10.1 Å². The third-order valence-electron chi connectivity index (χ3n) is 4.52. The van der Waals surface area contributed by atoms with Crippen LogP contribution in [-0.2, 0) is 4.74 Å². The molecule has 0 aromatic heterocycles. The van der Waals surface area contributed by atoms with Gasteiger partial charge >= 0.3 is 0 Å². The van der Waals surface area contributed by atoms with Gasteiger partial charge in [0.25, 0.3) is 0 Å². The lowest BCUT2D eigenvalue weighted by Crippen LogP contribution is -2.56. The maximum absolute atomic E-state index is 5.52. The van der Waals surface area contributed by atoms with E-state index in [1.165, 1.54) is 16.7 Å². The second-order valence-corrected chi connectivity index (χ2v) is 6.66. The van der Waals surface area contributed by atoms with Crippen molar-refractivity contribution in [2.45, 2.75) is 46.2 Å². The van der Waals surface area contributed by atoms with Crippen LogP contribution >= 0.6 is 0 Å². The maximum Gasteiger partial charge on any atom is 0.0594 e. The van der Waals surface area contributed by atoms with Crippen LogP contribution in [0.25, 0.3) is 0 Å². The van der Waals surface area contributed by atoms with E-state index in [0.717, 1.165) is 32.8 Å². The van der Waals surface area contributed by atoms with Gasteiger partial charge in [-0.15, -0.1) is 0 Å². The lowest BCUT2D eigenvalue weighted by molar-refractivity contribution is -0.0236. The average molecular weight is 290 g/mol. The summed E-state index contributed by atoms with van der Waals surface area (Å²) in [6.45, 7) is 15.9. The van der Waals surface area contributed by atoms with Crippen molar-refractivity contribution in [1.29, 1.82) is 0 Å². The van der Waals surface area contributed by atoms with Gasteiger partial charge in [0.05, 0.1) is 19.3 Å². The number of ether oxygens (including phenoxy) is 1. The Bertz CT molecular complexity index is 444. The van der Waals surface area contributed by atoms with E-state index >= 15 is 0 Å². The Morgan fingerprint density at radius 1 is 1.14 bits per heavy atom. The van der Waals surface area contributed by atoms with Crippen molar-refractivity contribution in [3.63, 3.8) is 0 Å². The molecule has 3 nitrogen and oxygen atoms in total. The third-order valence-corrected chi connectivity index (χ3v) is 4.52. The highest BCUT2D eigenvalue weighted by atomic mass is 16.5. The summed E-state index contributed by atoms with van der Waals surface area (Å²) < 4.78 is 5.52. The first kappa shape index (κ1) is 16.5. The average Bonchev–Trinajstić information content (AvgIpc) is 2.44. The zero-order valence-electron chi connectivity index (χ0n) is 14.2. The number of hydrogen-bond donors (Lipinski definition) is 1. The van der Waals surface area contributed by atoms with Crippen LogP contribution in [0.15, 0.2) is 18.2 Å². The largest absolute Gasteiger partial charge is 0.379 e. The molecule has 0 amide bonds. The molecule has 1 aliphatic heterocycles. The Labute approximate surface area is 129 Å². The molecule has 1 N–H and O–H groups in total. The van der Waals surface area contributed by atoms with E-state index in [2.05, 4.69) is 63.0 Å². The number of aryl methyl sites for hydroxylation is 2. The molecule has 21 heavy (non-hydrogen) atoms. The van der Waals surface area contributed by atoms with Crippen LogP contribution in [0.3, 0.4) is 0 Å². The molecule has 1 atom stereocenters. The lowest BCUT2D eigenvalue weighted by atomic mass is 9.85. The van der Waals surface area contributed by atoms with E-state index in [4.69, 9.17) is 4.74 Å². The summed E-state index contributed by atoms with van der Waals surface area (Å²) >= 11 is 0. The van der Waals surface area contributed by atoms with Gasteiger partial charge in [0.1, 0.15) is 0 Å². The molecule has 1 aromatic carbocycles. The number of hydrogen-bond acceptors (Lipinski definition) is 3. The van der Waals surface area contributed by atoms with Crippen molar-refractivity contribution in [1.82, 2.24) is 10.2 Å². The molecule has 3 heteroatoms. The second kappa shape index (κ2) is 6.91. The summed E-state index contributed by atoms with van der Waals surface area (Å²) in [5, 5.41) is 3.71. The minimum absolute atomic E-state index is 0.0695. The van der Waals surface area contributed by atoms with Crippen LogP contribution in [0, 0.1) is 13.8 Å². The molecule has 2 rings (SSSR count). The SMILES string of the molecule is CCNC(c1cc(C)cc(C)c1)C(C)(C)N1CCOCC1. The fraction of sp³-hybridized carbons (Fsp3) is 0.667. The summed E-state index contributed by atoms with van der Waals surface area (Å²) in [4.78, 5) is 2.56. The highest BCUT2D eigenvalue weighted by Gasteiger charge is 2.36. The number of nitrogens with zero attached hydrogens (tertiary/aromatic N) is 1. The smallest absolute Gasteiger partial charge is 0.0594 e. The highest BCUT2D eigenvalue weighted by molar-refractivity contribution is 5.32. The normalized spacial score (nSPS) is 18.7. The Kier molecular flexibility index (Phi) is 5.42. The highest BCUT2D eigenvalue weighted by Crippen LogP contribution is 2.32. The van der Waals surface area contributed by atoms with Crippen molar-refractivity contribution in [3.05, 3.63) is 34.9 Å². The lowest BCUT2D eigenvalue weighted by Gasteiger charge is -2.46. The molecule has 1 unspecified atom stereocenters. The first-order valence-electron chi connectivity index (χ1n) is 8.09. The van der Waals surface area contributed by atoms with Gasteiger partial charge in [-0.3, -0.25) is 4.90 Å². The molecule has 1 aromatic rings. The minimum Gasteiger partial charge on any atom is -0.379 e. The van der Waals surface area contributed by atoms with Gasteiger partial charge in [-0.1, -0.05) is 36.2 Å². The summed E-state index contributed by atoms with van der Waals surface area (Å²) in [6.07, 6.45) is 0. The van der Waals surface area contributed by atoms with E-state index in [0.29, 0.717) is 6.04 Å². The molecular formula is C18H30N2O. The van der Waals surface area contributed by atoms with Crippen molar-refractivity contribution in [2.75, 3.05) is 32.8 Å². The molecule has 0 radical (unpaired) electrons. The number of nitrogens with one attached hydrogen (secondary N) is 1. The molecule has 0 bridgehead atoms. The van der Waals surface area contributed by atoms with E-state index in [1.807, 2.05) is 0 Å². The van der Waals surface area contributed by atoms with Crippen molar-refractivity contribution in [2.24, 2.45) is 0 Å². The molecule has 0 spiro atoms. The first-order chi connectivity index (χ1) is 9.95. The topological polar surface area (TPSA) is 24.5 Å². The number of morpholine rings is 1. The fourth-order valence-corrected chi connectivity index (χ4v) is 3.48. The van der Waals surface area contributed by atoms with Gasteiger partial charge in [-0.2, -0.15) is 0 Å². The van der Waals surface area contributed by atoms with Crippen LogP contribution in [0.5, 0.6) is 0 Å². The molecule has 1 fully saturated rings. The Hall–Kier alpha value is -0.900. The Morgan fingerprint density at radius 3 is 2.24 bits per heavy atom. The quantitative estimate of drug-likeness (QED) is 0.902. The van der Waals surface area contributed by atoms with Crippen LogP contribution in [0.1, 0.15) is 43.5 Å². The van der Waals surface area contributed by atoms with Gasteiger partial charge in [-0.25, -0.2) is 0 Å². The van der Waals surface area contributed by atoms with Gasteiger partial charge in [0, 0.05) is 18.6 Å². The Balaban J connectivity index is 2.31. The van der Waals surface area contributed by atoms with Crippen LogP contribution in [0.4, 0.5) is 0 Å². The summed E-state index contributed by atoms with van der Waals surface area (Å²) in [6, 6.07) is 7.22. The predicted molar refractivity (Wildman–Crippen MR) is 88.8 cm³/mol. The van der Waals surface area contributed by atoms with E-state index < -0.39 is 0 Å². The standard InChI is InChI=1S/C18H30N2O/c1-6-19-17(16-12-14(2)11-15(3)13-16)18(4,5)20-7-9-21-10-8-20/h11-13,17,19H,6-10H2,1-5H3. The summed E-state index contributed by atoms with van der Waals surface area (Å²) in [7, 11) is 0. The molecule has 0 aliphatic carbocycles. The zero-order chi connectivity index (χ0) is 15.5. The predicted octanol–water partition coefficient (Wildman–Crippen LogP) is 3.06.